The third-order valence-electron chi connectivity index (χ3n) is 3.48. The average Bonchev–Trinajstić information content (AvgIpc) is 2.91. The number of hydrogen-bond acceptors (Lipinski definition) is 2. The summed E-state index contributed by atoms with van der Waals surface area (Å²) in [5.41, 5.74) is 7.76. The molecule has 2 aromatic carbocycles. The summed E-state index contributed by atoms with van der Waals surface area (Å²) in [7, 11) is 0. The predicted molar refractivity (Wildman–Crippen MR) is 80.0 cm³/mol. The number of nitrogens with two attached hydrogens (primary N) is 1. The standard InChI is InChI=1S/C16H14FN3O/c17-14-4-2-1-3-13(14)10-20-8-7-11-5-6-12(9-15(11)20)16(18)19-21/h1-9,21H,10H2,(H2,18,19). The van der Waals surface area contributed by atoms with Crippen LogP contribution in [0.5, 0.6) is 0 Å². The van der Waals surface area contributed by atoms with Gasteiger partial charge in [-0.05, 0) is 23.6 Å². The van der Waals surface area contributed by atoms with Gasteiger partial charge in [0.2, 0.25) is 0 Å². The molecule has 3 aromatic rings. The lowest BCUT2D eigenvalue weighted by Gasteiger charge is -2.08. The van der Waals surface area contributed by atoms with Crippen LogP contribution in [0.1, 0.15) is 11.1 Å². The van der Waals surface area contributed by atoms with Gasteiger partial charge in [-0.25, -0.2) is 4.39 Å². The Kier molecular flexibility index (Phi) is 3.31. The monoisotopic (exact) mass is 283 g/mol. The molecule has 0 unspecified atom stereocenters. The van der Waals surface area contributed by atoms with Crippen LogP contribution in [0.2, 0.25) is 0 Å². The van der Waals surface area contributed by atoms with Crippen LogP contribution in [0.25, 0.3) is 10.9 Å². The van der Waals surface area contributed by atoms with Gasteiger partial charge in [-0.15, -0.1) is 0 Å². The van der Waals surface area contributed by atoms with E-state index < -0.39 is 0 Å². The molecule has 3 N–H and O–H groups in total. The lowest BCUT2D eigenvalue weighted by atomic mass is 10.1. The van der Waals surface area contributed by atoms with Crippen molar-refractivity contribution in [1.82, 2.24) is 4.57 Å². The number of amidine groups is 1. The van der Waals surface area contributed by atoms with Crippen LogP contribution >= 0.6 is 0 Å². The average molecular weight is 283 g/mol. The predicted octanol–water partition coefficient (Wildman–Crippen LogP) is 2.92. The van der Waals surface area contributed by atoms with Gasteiger partial charge in [0, 0.05) is 22.8 Å². The maximum Gasteiger partial charge on any atom is 0.170 e. The van der Waals surface area contributed by atoms with Crippen LogP contribution in [-0.2, 0) is 6.54 Å². The summed E-state index contributed by atoms with van der Waals surface area (Å²) >= 11 is 0. The summed E-state index contributed by atoms with van der Waals surface area (Å²) in [4.78, 5) is 0. The van der Waals surface area contributed by atoms with Crippen LogP contribution in [0.4, 0.5) is 4.39 Å². The highest BCUT2D eigenvalue weighted by atomic mass is 19.1. The molecule has 0 radical (unpaired) electrons. The van der Waals surface area contributed by atoms with Crippen molar-refractivity contribution in [2.45, 2.75) is 6.54 Å². The Balaban J connectivity index is 2.05. The van der Waals surface area contributed by atoms with E-state index >= 15 is 0 Å². The Bertz CT molecular complexity index is 823. The number of hydrogen-bond donors (Lipinski definition) is 2. The molecule has 0 saturated carbocycles. The third-order valence-corrected chi connectivity index (χ3v) is 3.48. The van der Waals surface area contributed by atoms with Crippen molar-refractivity contribution in [2.24, 2.45) is 10.9 Å². The van der Waals surface area contributed by atoms with Crippen LogP contribution in [0.15, 0.2) is 59.9 Å². The molecule has 3 rings (SSSR count). The number of benzene rings is 2. The molecule has 0 amide bonds. The smallest absolute Gasteiger partial charge is 0.170 e. The van der Waals surface area contributed by atoms with Gasteiger partial charge >= 0.3 is 0 Å². The Morgan fingerprint density at radius 3 is 2.76 bits per heavy atom. The van der Waals surface area contributed by atoms with E-state index in [0.717, 1.165) is 10.9 Å². The lowest BCUT2D eigenvalue weighted by Crippen LogP contribution is -2.13. The van der Waals surface area contributed by atoms with E-state index in [-0.39, 0.29) is 11.7 Å². The van der Waals surface area contributed by atoms with Gasteiger partial charge in [-0.3, -0.25) is 0 Å². The van der Waals surface area contributed by atoms with E-state index in [1.807, 2.05) is 35.0 Å². The molecular weight excluding hydrogens is 269 g/mol. The van der Waals surface area contributed by atoms with E-state index in [0.29, 0.717) is 17.7 Å². The quantitative estimate of drug-likeness (QED) is 0.336. The van der Waals surface area contributed by atoms with E-state index in [4.69, 9.17) is 10.9 Å². The van der Waals surface area contributed by atoms with Gasteiger partial charge in [0.15, 0.2) is 5.84 Å². The number of rotatable bonds is 3. The SMILES string of the molecule is N/C(=N/O)c1ccc2ccn(Cc3ccccc3F)c2c1. The molecule has 5 heteroatoms. The lowest BCUT2D eigenvalue weighted by molar-refractivity contribution is 0.318. The molecular formula is C16H14FN3O. The molecule has 1 aromatic heterocycles. The second kappa shape index (κ2) is 5.28. The Hall–Kier alpha value is -2.82. The van der Waals surface area contributed by atoms with Gasteiger partial charge in [-0.1, -0.05) is 35.5 Å². The van der Waals surface area contributed by atoms with Crippen molar-refractivity contribution in [3.8, 4) is 0 Å². The Morgan fingerprint density at radius 2 is 2.00 bits per heavy atom. The Morgan fingerprint density at radius 1 is 1.19 bits per heavy atom. The normalized spacial score (nSPS) is 12.0. The van der Waals surface area contributed by atoms with E-state index in [1.54, 1.807) is 18.2 Å². The van der Waals surface area contributed by atoms with Crippen LogP contribution in [0.3, 0.4) is 0 Å². The summed E-state index contributed by atoms with van der Waals surface area (Å²) < 4.78 is 15.7. The van der Waals surface area contributed by atoms with Gasteiger partial charge < -0.3 is 15.5 Å². The number of oxime groups is 1. The van der Waals surface area contributed by atoms with Crippen LogP contribution < -0.4 is 5.73 Å². The minimum Gasteiger partial charge on any atom is -0.409 e. The molecule has 0 aliphatic rings. The second-order valence-electron chi connectivity index (χ2n) is 4.79. The molecule has 0 aliphatic heterocycles. The van der Waals surface area contributed by atoms with Crippen molar-refractivity contribution >= 4 is 16.7 Å². The molecule has 21 heavy (non-hydrogen) atoms. The maximum absolute atomic E-state index is 13.8. The van der Waals surface area contributed by atoms with Crippen molar-refractivity contribution in [3.05, 3.63) is 71.7 Å². The summed E-state index contributed by atoms with van der Waals surface area (Å²) in [5.74, 6) is -0.178. The summed E-state index contributed by atoms with van der Waals surface area (Å²) in [6.45, 7) is 0.426. The highest BCUT2D eigenvalue weighted by Gasteiger charge is 2.07. The van der Waals surface area contributed by atoms with Crippen molar-refractivity contribution in [2.75, 3.05) is 0 Å². The minimum absolute atomic E-state index is 0.0514. The van der Waals surface area contributed by atoms with Gasteiger partial charge in [0.25, 0.3) is 0 Å². The highest BCUT2D eigenvalue weighted by Crippen LogP contribution is 2.20. The van der Waals surface area contributed by atoms with Crippen molar-refractivity contribution in [3.63, 3.8) is 0 Å². The molecule has 0 aliphatic carbocycles. The molecule has 0 fully saturated rings. The first kappa shape index (κ1) is 13.2. The molecule has 1 heterocycles. The maximum atomic E-state index is 13.8. The molecule has 106 valence electrons. The van der Waals surface area contributed by atoms with E-state index in [2.05, 4.69) is 5.16 Å². The first-order chi connectivity index (χ1) is 10.2. The zero-order chi connectivity index (χ0) is 14.8. The van der Waals surface area contributed by atoms with Crippen molar-refractivity contribution < 1.29 is 9.60 Å². The second-order valence-corrected chi connectivity index (χ2v) is 4.79. The number of nitrogens with zero attached hydrogens (tertiary/aromatic N) is 2. The zero-order valence-corrected chi connectivity index (χ0v) is 11.2. The van der Waals surface area contributed by atoms with E-state index in [1.165, 1.54) is 6.07 Å². The van der Waals surface area contributed by atoms with Crippen LogP contribution in [0, 0.1) is 5.82 Å². The first-order valence-electron chi connectivity index (χ1n) is 6.49. The summed E-state index contributed by atoms with van der Waals surface area (Å²) in [6, 6.07) is 14.1. The van der Waals surface area contributed by atoms with Gasteiger partial charge in [0.05, 0.1) is 6.54 Å². The number of aromatic nitrogens is 1. The highest BCUT2D eigenvalue weighted by molar-refractivity contribution is 6.00. The molecule has 0 spiro atoms. The van der Waals surface area contributed by atoms with E-state index in [9.17, 15) is 4.39 Å². The zero-order valence-electron chi connectivity index (χ0n) is 11.2. The number of fused-ring (bicyclic) bond motifs is 1. The Labute approximate surface area is 120 Å². The van der Waals surface area contributed by atoms with Gasteiger partial charge in [0.1, 0.15) is 5.82 Å². The van der Waals surface area contributed by atoms with Gasteiger partial charge in [-0.2, -0.15) is 0 Å². The topological polar surface area (TPSA) is 63.5 Å². The fraction of sp³-hybridized carbons (Fsp3) is 0.0625. The fourth-order valence-corrected chi connectivity index (χ4v) is 2.35. The molecule has 0 atom stereocenters. The fourth-order valence-electron chi connectivity index (χ4n) is 2.35. The number of halogens is 1. The summed E-state index contributed by atoms with van der Waals surface area (Å²) in [5, 5.41) is 12.8. The molecule has 0 bridgehead atoms. The van der Waals surface area contributed by atoms with Crippen LogP contribution in [-0.4, -0.2) is 15.6 Å². The molecule has 0 saturated heterocycles. The largest absolute Gasteiger partial charge is 0.409 e. The first-order valence-corrected chi connectivity index (χ1v) is 6.49. The summed E-state index contributed by atoms with van der Waals surface area (Å²) in [6.07, 6.45) is 1.90. The van der Waals surface area contributed by atoms with Crippen molar-refractivity contribution in [1.29, 1.82) is 0 Å². The molecule has 4 nitrogen and oxygen atoms in total. The third kappa shape index (κ3) is 2.45. The minimum atomic E-state index is -0.230.